The molecule has 0 spiro atoms. The largest absolute Gasteiger partial charge is 0.385 e. The van der Waals surface area contributed by atoms with Crippen LogP contribution < -0.4 is 5.32 Å². The van der Waals surface area contributed by atoms with Gasteiger partial charge in [-0.05, 0) is 58.2 Å². The highest BCUT2D eigenvalue weighted by Gasteiger charge is 2.30. The number of piperidine rings is 1. The van der Waals surface area contributed by atoms with Crippen LogP contribution in [-0.4, -0.2) is 54.3 Å². The molecule has 0 aliphatic carbocycles. The summed E-state index contributed by atoms with van der Waals surface area (Å²) >= 11 is 0. The van der Waals surface area contributed by atoms with Gasteiger partial charge in [-0.1, -0.05) is 12.1 Å². The lowest BCUT2D eigenvalue weighted by Gasteiger charge is -2.37. The second-order valence-corrected chi connectivity index (χ2v) is 7.87. The number of nitrogens with one attached hydrogen (secondary N) is 1. The molecule has 2 heterocycles. The second-order valence-electron chi connectivity index (χ2n) is 7.87. The summed E-state index contributed by atoms with van der Waals surface area (Å²) in [5.74, 6) is -0.287. The first-order chi connectivity index (χ1) is 13.5. The van der Waals surface area contributed by atoms with Crippen molar-refractivity contribution in [2.45, 2.75) is 58.2 Å². The number of nitrogens with zero attached hydrogens (tertiary/aromatic N) is 2. The Hall–Kier alpha value is -1.63. The number of hydrogen-bond acceptors (Lipinski definition) is 3. The molecule has 2 aromatic rings. The van der Waals surface area contributed by atoms with E-state index in [4.69, 9.17) is 4.74 Å². The molecule has 3 rings (SSSR count). The van der Waals surface area contributed by atoms with Crippen molar-refractivity contribution in [3.63, 3.8) is 0 Å². The second kappa shape index (κ2) is 11.0. The molecular formula is C22H33ClFN3O2. The number of carbonyl (C=O) groups is 1. The smallest absolute Gasteiger partial charge is 0.271 e. The highest BCUT2D eigenvalue weighted by atomic mass is 35.5. The first-order valence-electron chi connectivity index (χ1n) is 10.3. The van der Waals surface area contributed by atoms with Crippen molar-refractivity contribution in [2.75, 3.05) is 26.8 Å². The molecule has 0 unspecified atom stereocenters. The molecule has 1 amide bonds. The molecular weight excluding hydrogens is 393 g/mol. The molecule has 1 aliphatic rings. The molecule has 5 nitrogen and oxygen atoms in total. The van der Waals surface area contributed by atoms with Gasteiger partial charge in [0, 0.05) is 44.3 Å². The summed E-state index contributed by atoms with van der Waals surface area (Å²) < 4.78 is 21.6. The maximum Gasteiger partial charge on any atom is 0.271 e. The van der Waals surface area contributed by atoms with Crippen LogP contribution in [0.5, 0.6) is 0 Å². The topological polar surface area (TPSA) is 46.5 Å². The lowest BCUT2D eigenvalue weighted by Crippen LogP contribution is -2.52. The van der Waals surface area contributed by atoms with E-state index in [-0.39, 0.29) is 36.2 Å². The van der Waals surface area contributed by atoms with E-state index in [2.05, 4.69) is 19.2 Å². The van der Waals surface area contributed by atoms with Gasteiger partial charge in [-0.25, -0.2) is 4.39 Å². The molecule has 0 saturated carbocycles. The van der Waals surface area contributed by atoms with Gasteiger partial charge < -0.3 is 19.5 Å². The molecule has 29 heavy (non-hydrogen) atoms. The molecule has 1 N–H and O–H groups in total. The highest BCUT2D eigenvalue weighted by Crippen LogP contribution is 2.26. The van der Waals surface area contributed by atoms with Crippen LogP contribution in [0.15, 0.2) is 24.3 Å². The van der Waals surface area contributed by atoms with Crippen LogP contribution in [0.25, 0.3) is 10.9 Å². The van der Waals surface area contributed by atoms with Crippen molar-refractivity contribution in [1.82, 2.24) is 14.8 Å². The molecule has 0 radical (unpaired) electrons. The molecule has 0 bridgehead atoms. The Labute approximate surface area is 179 Å². The molecule has 162 valence electrons. The summed E-state index contributed by atoms with van der Waals surface area (Å²) in [4.78, 5) is 15.6. The number of aromatic nitrogens is 1. The van der Waals surface area contributed by atoms with Crippen LogP contribution in [0.1, 0.15) is 50.0 Å². The van der Waals surface area contributed by atoms with Crippen LogP contribution in [0.3, 0.4) is 0 Å². The first-order valence-corrected chi connectivity index (χ1v) is 10.3. The summed E-state index contributed by atoms with van der Waals surface area (Å²) in [5.41, 5.74) is 1.10. The Morgan fingerprint density at radius 3 is 2.83 bits per heavy atom. The van der Waals surface area contributed by atoms with E-state index in [1.165, 1.54) is 6.07 Å². The van der Waals surface area contributed by atoms with Crippen LogP contribution >= 0.6 is 12.4 Å². The number of halogens is 2. The fourth-order valence-corrected chi connectivity index (χ4v) is 4.23. The average Bonchev–Trinajstić information content (AvgIpc) is 3.06. The van der Waals surface area contributed by atoms with Gasteiger partial charge in [-0.2, -0.15) is 0 Å². The van der Waals surface area contributed by atoms with Crippen molar-refractivity contribution in [3.05, 3.63) is 35.8 Å². The lowest BCUT2D eigenvalue weighted by atomic mass is 10.0. The zero-order valence-corrected chi connectivity index (χ0v) is 18.4. The van der Waals surface area contributed by atoms with Gasteiger partial charge in [0.05, 0.1) is 5.52 Å². The maximum absolute atomic E-state index is 14.6. The number of rotatable bonds is 8. The van der Waals surface area contributed by atoms with E-state index in [0.717, 1.165) is 44.2 Å². The monoisotopic (exact) mass is 425 g/mol. The molecule has 1 saturated heterocycles. The van der Waals surface area contributed by atoms with Crippen LogP contribution in [0.4, 0.5) is 4.39 Å². The van der Waals surface area contributed by atoms with Crippen LogP contribution in [0, 0.1) is 5.82 Å². The molecule has 1 aliphatic heterocycles. The number of fused-ring (bicyclic) bond motifs is 1. The summed E-state index contributed by atoms with van der Waals surface area (Å²) in [7, 11) is 1.68. The number of ether oxygens (including phenoxy) is 1. The molecule has 1 atom stereocenters. The zero-order valence-electron chi connectivity index (χ0n) is 17.6. The Bertz CT molecular complexity index is 803. The van der Waals surface area contributed by atoms with E-state index < -0.39 is 0 Å². The third-order valence-corrected chi connectivity index (χ3v) is 5.53. The minimum absolute atomic E-state index is 0. The van der Waals surface area contributed by atoms with Gasteiger partial charge in [0.15, 0.2) is 0 Å². The lowest BCUT2D eigenvalue weighted by molar-refractivity contribution is 0.0562. The molecule has 7 heteroatoms. The Morgan fingerprint density at radius 2 is 2.17 bits per heavy atom. The molecule has 1 fully saturated rings. The van der Waals surface area contributed by atoms with E-state index in [1.807, 2.05) is 21.6 Å². The normalized spacial score (nSPS) is 16.8. The van der Waals surface area contributed by atoms with Crippen molar-refractivity contribution in [3.8, 4) is 0 Å². The number of unbranched alkanes of at least 4 members (excludes halogenated alkanes) is 1. The first kappa shape index (κ1) is 23.6. The SMILES string of the molecule is COCCCCn1c(C(=O)N(C(C)C)[C@@H]2CCCNC2)cc2cccc(F)c21.Cl. The van der Waals surface area contributed by atoms with E-state index in [9.17, 15) is 9.18 Å². The van der Waals surface area contributed by atoms with Gasteiger partial charge in [-0.3, -0.25) is 4.79 Å². The van der Waals surface area contributed by atoms with E-state index >= 15 is 0 Å². The molecule has 1 aromatic carbocycles. The van der Waals surface area contributed by atoms with Crippen LogP contribution in [-0.2, 0) is 11.3 Å². The van der Waals surface area contributed by atoms with Crippen molar-refractivity contribution in [1.29, 1.82) is 0 Å². The van der Waals surface area contributed by atoms with Gasteiger partial charge in [-0.15, -0.1) is 12.4 Å². The average molecular weight is 426 g/mol. The third-order valence-electron chi connectivity index (χ3n) is 5.53. The summed E-state index contributed by atoms with van der Waals surface area (Å²) in [6.07, 6.45) is 3.77. The van der Waals surface area contributed by atoms with Gasteiger partial charge >= 0.3 is 0 Å². The number of hydrogen-bond donors (Lipinski definition) is 1. The number of carbonyl (C=O) groups excluding carboxylic acids is 1. The van der Waals surface area contributed by atoms with Crippen molar-refractivity contribution < 1.29 is 13.9 Å². The standard InChI is InChI=1S/C22H32FN3O2.ClH/c1-16(2)26(18-9-7-11-24-15-18)22(27)20-14-17-8-6-10-19(23)21(17)25(20)12-4-5-13-28-3;/h6,8,10,14,16,18,24H,4-5,7,9,11-13,15H2,1-3H3;1H/t18-;/m1./s1. The Kier molecular flexibility index (Phi) is 8.93. The predicted molar refractivity (Wildman–Crippen MR) is 117 cm³/mol. The van der Waals surface area contributed by atoms with Gasteiger partial charge in [0.25, 0.3) is 5.91 Å². The predicted octanol–water partition coefficient (Wildman–Crippen LogP) is 4.23. The van der Waals surface area contributed by atoms with E-state index in [0.29, 0.717) is 24.4 Å². The minimum atomic E-state index is -0.279. The van der Waals surface area contributed by atoms with Crippen LogP contribution in [0.2, 0.25) is 0 Å². The minimum Gasteiger partial charge on any atom is -0.385 e. The van der Waals surface area contributed by atoms with E-state index in [1.54, 1.807) is 13.2 Å². The highest BCUT2D eigenvalue weighted by molar-refractivity contribution is 5.99. The fourth-order valence-electron chi connectivity index (χ4n) is 4.23. The fraction of sp³-hybridized carbons (Fsp3) is 0.591. The Morgan fingerprint density at radius 1 is 1.38 bits per heavy atom. The van der Waals surface area contributed by atoms with Gasteiger partial charge in [0.1, 0.15) is 11.5 Å². The number of para-hydroxylation sites is 1. The van der Waals surface area contributed by atoms with Gasteiger partial charge in [0.2, 0.25) is 0 Å². The summed E-state index contributed by atoms with van der Waals surface area (Å²) in [6.45, 7) is 7.19. The number of aryl methyl sites for hydroxylation is 1. The van der Waals surface area contributed by atoms with Crippen molar-refractivity contribution >= 4 is 29.2 Å². The third kappa shape index (κ3) is 5.30. The maximum atomic E-state index is 14.6. The number of amides is 1. The number of benzene rings is 1. The molecule has 1 aromatic heterocycles. The quantitative estimate of drug-likeness (QED) is 0.644. The summed E-state index contributed by atoms with van der Waals surface area (Å²) in [5, 5.41) is 4.18. The zero-order chi connectivity index (χ0) is 20.1. The van der Waals surface area contributed by atoms with Crippen molar-refractivity contribution in [2.24, 2.45) is 0 Å². The summed E-state index contributed by atoms with van der Waals surface area (Å²) in [6, 6.07) is 7.15. The Balaban J connectivity index is 0.00000300. The number of methoxy groups -OCH3 is 1.